The van der Waals surface area contributed by atoms with Crippen LogP contribution in [0.4, 0.5) is 5.69 Å². The number of rotatable bonds is 5. The summed E-state index contributed by atoms with van der Waals surface area (Å²) in [6, 6.07) is 9.88. The van der Waals surface area contributed by atoms with Crippen molar-refractivity contribution in [2.75, 3.05) is 31.1 Å². The molecule has 0 aromatic heterocycles. The van der Waals surface area contributed by atoms with Crippen molar-refractivity contribution in [3.63, 3.8) is 0 Å². The third kappa shape index (κ3) is 4.00. The van der Waals surface area contributed by atoms with Crippen LogP contribution in [0.15, 0.2) is 30.3 Å². The molecule has 158 valence electrons. The number of anilines is 1. The van der Waals surface area contributed by atoms with Crippen LogP contribution in [0, 0.1) is 5.92 Å². The topological polar surface area (TPSA) is 61.9 Å². The Morgan fingerprint density at radius 1 is 1.17 bits per heavy atom. The fraction of sp³-hybridized carbons (Fsp3) is 0.652. The number of carbonyl (C=O) groups is 2. The van der Waals surface area contributed by atoms with Gasteiger partial charge in [-0.15, -0.1) is 0 Å². The molecule has 3 aliphatic rings. The second-order valence-electron chi connectivity index (χ2n) is 9.09. The molecule has 6 heteroatoms. The summed E-state index contributed by atoms with van der Waals surface area (Å²) < 4.78 is 5.84. The van der Waals surface area contributed by atoms with Gasteiger partial charge < -0.3 is 19.9 Å². The van der Waals surface area contributed by atoms with Crippen LogP contribution >= 0.6 is 0 Å². The minimum atomic E-state index is -0.748. The van der Waals surface area contributed by atoms with Crippen molar-refractivity contribution >= 4 is 17.5 Å². The summed E-state index contributed by atoms with van der Waals surface area (Å²) in [4.78, 5) is 31.0. The second-order valence-corrected chi connectivity index (χ2v) is 9.09. The van der Waals surface area contributed by atoms with E-state index in [0.29, 0.717) is 31.7 Å². The first-order chi connectivity index (χ1) is 14.0. The number of benzene rings is 1. The largest absolute Gasteiger partial charge is 0.376 e. The molecule has 29 heavy (non-hydrogen) atoms. The van der Waals surface area contributed by atoms with Gasteiger partial charge in [-0.3, -0.25) is 9.59 Å². The van der Waals surface area contributed by atoms with Gasteiger partial charge in [0.05, 0.1) is 6.10 Å². The highest BCUT2D eigenvalue weighted by atomic mass is 16.5. The van der Waals surface area contributed by atoms with Gasteiger partial charge in [0, 0.05) is 31.9 Å². The van der Waals surface area contributed by atoms with E-state index in [-0.39, 0.29) is 17.9 Å². The average Bonchev–Trinajstić information content (AvgIpc) is 3.24. The van der Waals surface area contributed by atoms with Crippen LogP contribution in [0.5, 0.6) is 0 Å². The number of piperidine rings is 1. The molecule has 2 atom stereocenters. The number of hydrogen-bond donors (Lipinski definition) is 1. The zero-order valence-electron chi connectivity index (χ0n) is 17.6. The highest BCUT2D eigenvalue weighted by Crippen LogP contribution is 2.36. The monoisotopic (exact) mass is 399 g/mol. The quantitative estimate of drug-likeness (QED) is 0.827. The fourth-order valence-electron chi connectivity index (χ4n) is 5.03. The lowest BCUT2D eigenvalue weighted by atomic mass is 9.80. The third-order valence-electron chi connectivity index (χ3n) is 6.64. The Hall–Kier alpha value is -2.08. The highest BCUT2D eigenvalue weighted by Gasteiger charge is 2.54. The first-order valence-electron chi connectivity index (χ1n) is 11.0. The minimum absolute atomic E-state index is 0.0217. The van der Waals surface area contributed by atoms with Crippen molar-refractivity contribution < 1.29 is 14.3 Å². The molecular weight excluding hydrogens is 366 g/mol. The summed E-state index contributed by atoms with van der Waals surface area (Å²) in [7, 11) is 0. The van der Waals surface area contributed by atoms with Crippen molar-refractivity contribution in [3.8, 4) is 0 Å². The van der Waals surface area contributed by atoms with Crippen LogP contribution in [0.25, 0.3) is 0 Å². The SMILES string of the molecule is CC(C)CC1NC(=O)C2(CCN(c3ccccc3)CC2)N(CC2CCCO2)C1=O. The Morgan fingerprint density at radius 2 is 1.90 bits per heavy atom. The number of hydrogen-bond acceptors (Lipinski definition) is 4. The molecule has 2 unspecified atom stereocenters. The van der Waals surface area contributed by atoms with Crippen LogP contribution in [0.3, 0.4) is 0 Å². The standard InChI is InChI=1S/C23H33N3O3/c1-17(2)15-20-21(27)26(16-19-9-6-14-29-19)23(22(28)24-20)10-12-25(13-11-23)18-7-4-3-5-8-18/h3-5,7-8,17,19-20H,6,9-16H2,1-2H3,(H,24,28). The number of nitrogens with zero attached hydrogens (tertiary/aromatic N) is 2. The summed E-state index contributed by atoms with van der Waals surface area (Å²) in [5.41, 5.74) is 0.426. The third-order valence-corrected chi connectivity index (χ3v) is 6.64. The lowest BCUT2D eigenvalue weighted by Crippen LogP contribution is -2.73. The molecule has 3 fully saturated rings. The molecule has 1 N–H and O–H groups in total. The zero-order chi connectivity index (χ0) is 20.4. The van der Waals surface area contributed by atoms with E-state index < -0.39 is 11.6 Å². The van der Waals surface area contributed by atoms with Gasteiger partial charge in [-0.05, 0) is 50.2 Å². The highest BCUT2D eigenvalue weighted by molar-refractivity contribution is 6.00. The molecule has 2 amide bonds. The van der Waals surface area contributed by atoms with E-state index >= 15 is 0 Å². The van der Waals surface area contributed by atoms with Crippen LogP contribution in [0.2, 0.25) is 0 Å². The normalized spacial score (nSPS) is 27.0. The van der Waals surface area contributed by atoms with Gasteiger partial charge in [0.15, 0.2) is 0 Å². The Bertz CT molecular complexity index is 722. The minimum Gasteiger partial charge on any atom is -0.376 e. The molecule has 0 radical (unpaired) electrons. The number of amides is 2. The maximum atomic E-state index is 13.5. The lowest BCUT2D eigenvalue weighted by molar-refractivity contribution is -0.161. The molecule has 0 aliphatic carbocycles. The first-order valence-corrected chi connectivity index (χ1v) is 11.0. The Morgan fingerprint density at radius 3 is 2.52 bits per heavy atom. The zero-order valence-corrected chi connectivity index (χ0v) is 17.6. The van der Waals surface area contributed by atoms with Gasteiger partial charge in [0.25, 0.3) is 0 Å². The predicted octanol–water partition coefficient (Wildman–Crippen LogP) is 2.58. The van der Waals surface area contributed by atoms with E-state index in [9.17, 15) is 9.59 Å². The van der Waals surface area contributed by atoms with Crippen LogP contribution in [0.1, 0.15) is 46.0 Å². The molecule has 1 spiro atoms. The number of ether oxygens (including phenoxy) is 1. The molecule has 3 heterocycles. The maximum Gasteiger partial charge on any atom is 0.246 e. The number of piperazine rings is 1. The molecule has 1 aromatic rings. The summed E-state index contributed by atoms with van der Waals surface area (Å²) in [5.74, 6) is 0.443. The Balaban J connectivity index is 1.56. The van der Waals surface area contributed by atoms with Crippen molar-refractivity contribution in [1.29, 1.82) is 0 Å². The van der Waals surface area contributed by atoms with Crippen LogP contribution < -0.4 is 10.2 Å². The Kier molecular flexibility index (Phi) is 5.81. The van der Waals surface area contributed by atoms with Gasteiger partial charge in [-0.25, -0.2) is 0 Å². The molecule has 0 bridgehead atoms. The van der Waals surface area contributed by atoms with Gasteiger partial charge in [-0.2, -0.15) is 0 Å². The molecule has 1 aromatic carbocycles. The number of carbonyl (C=O) groups excluding carboxylic acids is 2. The van der Waals surface area contributed by atoms with E-state index in [0.717, 1.165) is 32.5 Å². The smallest absolute Gasteiger partial charge is 0.246 e. The van der Waals surface area contributed by atoms with E-state index in [2.05, 4.69) is 36.2 Å². The lowest BCUT2D eigenvalue weighted by Gasteiger charge is -2.52. The summed E-state index contributed by atoms with van der Waals surface area (Å²) in [6.07, 6.45) is 4.03. The molecular formula is C23H33N3O3. The number of para-hydroxylation sites is 1. The second kappa shape index (κ2) is 8.34. The van der Waals surface area contributed by atoms with Gasteiger partial charge >= 0.3 is 0 Å². The van der Waals surface area contributed by atoms with Gasteiger partial charge in [0.1, 0.15) is 11.6 Å². The summed E-state index contributed by atoms with van der Waals surface area (Å²) >= 11 is 0. The predicted molar refractivity (Wildman–Crippen MR) is 113 cm³/mol. The van der Waals surface area contributed by atoms with E-state index in [1.54, 1.807) is 0 Å². The van der Waals surface area contributed by atoms with Gasteiger partial charge in [-0.1, -0.05) is 32.0 Å². The summed E-state index contributed by atoms with van der Waals surface area (Å²) in [6.45, 7) is 7.00. The summed E-state index contributed by atoms with van der Waals surface area (Å²) in [5, 5.41) is 3.08. The van der Waals surface area contributed by atoms with Crippen LogP contribution in [-0.4, -0.2) is 60.6 Å². The van der Waals surface area contributed by atoms with Crippen molar-refractivity contribution in [2.24, 2.45) is 5.92 Å². The van der Waals surface area contributed by atoms with Crippen molar-refractivity contribution in [3.05, 3.63) is 30.3 Å². The Labute approximate surface area is 173 Å². The molecule has 4 rings (SSSR count). The van der Waals surface area contributed by atoms with E-state index in [1.165, 1.54) is 5.69 Å². The molecule has 3 aliphatic heterocycles. The molecule has 0 saturated carbocycles. The van der Waals surface area contributed by atoms with E-state index in [1.807, 2.05) is 23.1 Å². The van der Waals surface area contributed by atoms with Crippen LogP contribution in [-0.2, 0) is 14.3 Å². The molecule has 6 nitrogen and oxygen atoms in total. The van der Waals surface area contributed by atoms with Crippen molar-refractivity contribution in [1.82, 2.24) is 10.2 Å². The fourth-order valence-corrected chi connectivity index (χ4v) is 5.03. The average molecular weight is 400 g/mol. The van der Waals surface area contributed by atoms with Gasteiger partial charge in [0.2, 0.25) is 11.8 Å². The van der Waals surface area contributed by atoms with E-state index in [4.69, 9.17) is 4.74 Å². The maximum absolute atomic E-state index is 13.5. The number of nitrogens with one attached hydrogen (secondary N) is 1. The van der Waals surface area contributed by atoms with Crippen molar-refractivity contribution in [2.45, 2.75) is 63.6 Å². The molecule has 3 saturated heterocycles. The first kappa shape index (κ1) is 20.2.